The summed E-state index contributed by atoms with van der Waals surface area (Å²) in [5.41, 5.74) is 1.19. The van der Waals surface area contributed by atoms with E-state index in [1.165, 1.54) is 35.0 Å². The Labute approximate surface area is 265 Å². The lowest BCUT2D eigenvalue weighted by Gasteiger charge is -2.36. The van der Waals surface area contributed by atoms with Gasteiger partial charge in [0.15, 0.2) is 0 Å². The molecule has 1 fully saturated rings. The van der Waals surface area contributed by atoms with Crippen LogP contribution < -0.4 is 25.2 Å². The van der Waals surface area contributed by atoms with Crippen molar-refractivity contribution in [1.29, 1.82) is 0 Å². The molecule has 1 N–H and O–H groups in total. The van der Waals surface area contributed by atoms with Crippen LogP contribution in [0.3, 0.4) is 0 Å². The summed E-state index contributed by atoms with van der Waals surface area (Å²) >= 11 is 0. The van der Waals surface area contributed by atoms with Gasteiger partial charge in [0.25, 0.3) is 11.5 Å². The van der Waals surface area contributed by atoms with E-state index in [1.54, 1.807) is 41.4 Å². The monoisotopic (exact) mass is 640 g/mol. The smallest absolute Gasteiger partial charge is 0.339 e. The molecule has 1 aliphatic heterocycles. The zero-order valence-corrected chi connectivity index (χ0v) is 26.1. The summed E-state index contributed by atoms with van der Waals surface area (Å²) in [7, 11) is -0.262. The quantitative estimate of drug-likeness (QED) is 0.254. The third-order valence-electron chi connectivity index (χ3n) is 7.91. The number of carbonyl (C=O) groups is 1. The molecule has 0 unspecified atom stereocenters. The Balaban J connectivity index is 1.16. The molecule has 2 aromatic heterocycles. The van der Waals surface area contributed by atoms with Crippen LogP contribution in [-0.2, 0) is 16.7 Å². The maximum atomic E-state index is 13.1. The highest BCUT2D eigenvalue weighted by Crippen LogP contribution is 2.26. The number of aromatic nitrogens is 3. The Bertz CT molecular complexity index is 2110. The van der Waals surface area contributed by atoms with Crippen molar-refractivity contribution in [1.82, 2.24) is 19.4 Å². The standard InChI is InChI=1S/C33H32N6O6S/c1-36(2)26-10-8-24(9-11-26)32(41)38-18-16-37(17-19-38)31-20-30(40)35-33(42)39(31)22-23-6-12-27(13-7-23)45-46(43,44)29-5-3-4-25-21-34-15-14-28(25)29/h3-15,20-21H,16-19,22H2,1-2H3,(H,35,40,42). The molecule has 1 aliphatic rings. The number of hydrogen-bond acceptors (Lipinski definition) is 9. The highest BCUT2D eigenvalue weighted by molar-refractivity contribution is 7.87. The molecule has 3 aromatic carbocycles. The van der Waals surface area contributed by atoms with Crippen LogP contribution in [0.2, 0.25) is 0 Å². The van der Waals surface area contributed by atoms with Crippen LogP contribution in [0.5, 0.6) is 5.75 Å². The second-order valence-corrected chi connectivity index (χ2v) is 12.7. The fourth-order valence-corrected chi connectivity index (χ4v) is 6.62. The first kappa shape index (κ1) is 30.6. The van der Waals surface area contributed by atoms with Crippen molar-refractivity contribution in [3.63, 3.8) is 0 Å². The lowest BCUT2D eigenvalue weighted by atomic mass is 10.1. The molecular weight excluding hydrogens is 608 g/mol. The molecule has 12 nitrogen and oxygen atoms in total. The number of amides is 1. The van der Waals surface area contributed by atoms with Gasteiger partial charge in [0.2, 0.25) is 0 Å². The van der Waals surface area contributed by atoms with E-state index in [4.69, 9.17) is 4.18 Å². The van der Waals surface area contributed by atoms with E-state index in [0.717, 1.165) is 5.69 Å². The van der Waals surface area contributed by atoms with Crippen LogP contribution >= 0.6 is 0 Å². The average molecular weight is 641 g/mol. The van der Waals surface area contributed by atoms with Gasteiger partial charge in [0, 0.05) is 80.8 Å². The predicted octanol–water partition coefficient (Wildman–Crippen LogP) is 2.93. The van der Waals surface area contributed by atoms with Crippen molar-refractivity contribution in [2.24, 2.45) is 0 Å². The lowest BCUT2D eigenvalue weighted by molar-refractivity contribution is 0.0746. The summed E-state index contributed by atoms with van der Waals surface area (Å²) in [5, 5.41) is 1.18. The number of benzene rings is 3. The van der Waals surface area contributed by atoms with Crippen LogP contribution in [-0.4, -0.2) is 74.0 Å². The number of piperazine rings is 1. The van der Waals surface area contributed by atoms with E-state index in [9.17, 15) is 22.8 Å². The van der Waals surface area contributed by atoms with Crippen molar-refractivity contribution in [3.05, 3.63) is 123 Å². The van der Waals surface area contributed by atoms with Gasteiger partial charge >= 0.3 is 15.8 Å². The molecule has 6 rings (SSSR count). The van der Waals surface area contributed by atoms with Gasteiger partial charge in [-0.3, -0.25) is 24.1 Å². The zero-order valence-electron chi connectivity index (χ0n) is 25.3. The van der Waals surface area contributed by atoms with Crippen molar-refractivity contribution in [2.75, 3.05) is 50.1 Å². The van der Waals surface area contributed by atoms with Crippen LogP contribution in [0.25, 0.3) is 10.8 Å². The number of H-pyrrole nitrogens is 1. The highest BCUT2D eigenvalue weighted by atomic mass is 32.2. The summed E-state index contributed by atoms with van der Waals surface area (Å²) in [6.45, 7) is 1.82. The minimum atomic E-state index is -4.14. The van der Waals surface area contributed by atoms with Gasteiger partial charge in [-0.15, -0.1) is 0 Å². The van der Waals surface area contributed by atoms with Gasteiger partial charge < -0.3 is 18.9 Å². The first-order valence-corrected chi connectivity index (χ1v) is 16.0. The third-order valence-corrected chi connectivity index (χ3v) is 9.22. The molecule has 0 atom stereocenters. The Hall–Kier alpha value is -5.43. The summed E-state index contributed by atoms with van der Waals surface area (Å²) in [6.07, 6.45) is 3.11. The molecule has 46 heavy (non-hydrogen) atoms. The molecule has 3 heterocycles. The highest BCUT2D eigenvalue weighted by Gasteiger charge is 2.25. The van der Waals surface area contributed by atoms with E-state index in [2.05, 4.69) is 9.97 Å². The number of anilines is 2. The van der Waals surface area contributed by atoms with Crippen molar-refractivity contribution >= 4 is 38.3 Å². The normalized spacial score (nSPS) is 13.5. The maximum absolute atomic E-state index is 13.1. The van der Waals surface area contributed by atoms with Gasteiger partial charge in [-0.05, 0) is 54.1 Å². The molecule has 1 amide bonds. The molecule has 0 bridgehead atoms. The SMILES string of the molecule is CN(C)c1ccc(C(=O)N2CCN(c3cc(=O)[nH]c(=O)n3Cc3ccc(OS(=O)(=O)c4cccc5cnccc45)cc3)CC2)cc1. The van der Waals surface area contributed by atoms with Gasteiger partial charge in [0.05, 0.1) is 6.54 Å². The number of fused-ring (bicyclic) bond motifs is 1. The number of nitrogens with one attached hydrogen (secondary N) is 1. The Morgan fingerprint density at radius 1 is 0.935 bits per heavy atom. The van der Waals surface area contributed by atoms with E-state index in [-0.39, 0.29) is 23.1 Å². The molecule has 1 saturated heterocycles. The van der Waals surface area contributed by atoms with E-state index in [0.29, 0.717) is 53.9 Å². The minimum absolute atomic E-state index is 0.0324. The Morgan fingerprint density at radius 2 is 1.65 bits per heavy atom. The fourth-order valence-electron chi connectivity index (χ4n) is 5.46. The van der Waals surface area contributed by atoms with Crippen LogP contribution in [0.1, 0.15) is 15.9 Å². The number of hydrogen-bond donors (Lipinski definition) is 1. The number of rotatable bonds is 8. The fraction of sp³-hybridized carbons (Fsp3) is 0.212. The van der Waals surface area contributed by atoms with Gasteiger partial charge in [-0.1, -0.05) is 24.3 Å². The van der Waals surface area contributed by atoms with E-state index in [1.807, 2.05) is 48.2 Å². The second kappa shape index (κ2) is 12.5. The molecule has 0 spiro atoms. The van der Waals surface area contributed by atoms with Crippen LogP contribution in [0, 0.1) is 0 Å². The van der Waals surface area contributed by atoms with E-state index >= 15 is 0 Å². The molecule has 0 aliphatic carbocycles. The van der Waals surface area contributed by atoms with Crippen LogP contribution in [0.15, 0.2) is 106 Å². The molecule has 13 heteroatoms. The largest absolute Gasteiger partial charge is 0.379 e. The molecule has 0 radical (unpaired) electrons. The molecule has 5 aromatic rings. The van der Waals surface area contributed by atoms with Crippen molar-refractivity contribution < 1.29 is 17.4 Å². The average Bonchev–Trinajstić information content (AvgIpc) is 3.06. The third kappa shape index (κ3) is 6.35. The topological polar surface area (TPSA) is 138 Å². The number of aromatic amines is 1. The second-order valence-electron chi connectivity index (χ2n) is 11.1. The first-order valence-electron chi connectivity index (χ1n) is 14.6. The Kier molecular flexibility index (Phi) is 8.33. The molecule has 236 valence electrons. The van der Waals surface area contributed by atoms with Crippen LogP contribution in [0.4, 0.5) is 11.5 Å². The minimum Gasteiger partial charge on any atom is -0.379 e. The molecule has 0 saturated carbocycles. The van der Waals surface area contributed by atoms with E-state index < -0.39 is 21.4 Å². The lowest BCUT2D eigenvalue weighted by Crippen LogP contribution is -2.50. The maximum Gasteiger partial charge on any atom is 0.339 e. The number of nitrogens with zero attached hydrogens (tertiary/aromatic N) is 5. The van der Waals surface area contributed by atoms with Crippen molar-refractivity contribution in [2.45, 2.75) is 11.4 Å². The molecular formula is C33H32N6O6S. The van der Waals surface area contributed by atoms with Gasteiger partial charge in [-0.25, -0.2) is 4.79 Å². The van der Waals surface area contributed by atoms with Gasteiger partial charge in [-0.2, -0.15) is 8.42 Å². The first-order chi connectivity index (χ1) is 22.1. The number of carbonyl (C=O) groups excluding carboxylic acids is 1. The summed E-state index contributed by atoms with van der Waals surface area (Å²) in [4.78, 5) is 50.5. The van der Waals surface area contributed by atoms with Crippen molar-refractivity contribution in [3.8, 4) is 5.75 Å². The summed E-state index contributed by atoms with van der Waals surface area (Å²) in [5.74, 6) is 0.473. The summed E-state index contributed by atoms with van der Waals surface area (Å²) in [6, 6.07) is 21.7. The Morgan fingerprint density at radius 3 is 2.35 bits per heavy atom. The van der Waals surface area contributed by atoms with Gasteiger partial charge in [0.1, 0.15) is 16.5 Å². The zero-order chi connectivity index (χ0) is 32.4. The number of pyridine rings is 1. The summed E-state index contributed by atoms with van der Waals surface area (Å²) < 4.78 is 33.1. The predicted molar refractivity (Wildman–Crippen MR) is 175 cm³/mol.